The molecule has 0 N–H and O–H groups in total. The molecular formula is C21H18BrNO3. The molecule has 2 aliphatic heterocycles. The van der Waals surface area contributed by atoms with Crippen LogP contribution in [0.3, 0.4) is 0 Å². The molecule has 2 atom stereocenters. The zero-order chi connectivity index (χ0) is 17.8. The quantitative estimate of drug-likeness (QED) is 0.707. The first-order valence-corrected chi connectivity index (χ1v) is 9.72. The monoisotopic (exact) mass is 411 g/mol. The minimum absolute atomic E-state index is 0.0621. The molecule has 132 valence electrons. The summed E-state index contributed by atoms with van der Waals surface area (Å²) >= 11 is 3.70. The lowest BCUT2D eigenvalue weighted by molar-refractivity contribution is 0.101. The molecule has 26 heavy (non-hydrogen) atoms. The number of Topliss-reactive ketones (excluding diaryl/α,β-unsaturated/α-hetero) is 1. The third-order valence-electron chi connectivity index (χ3n) is 5.63. The number of hydrogen-bond acceptors (Lipinski definition) is 4. The van der Waals surface area contributed by atoms with Gasteiger partial charge in [-0.3, -0.25) is 9.79 Å². The zero-order valence-corrected chi connectivity index (χ0v) is 16.0. The highest BCUT2D eigenvalue weighted by Gasteiger charge is 2.35. The van der Waals surface area contributed by atoms with Crippen LogP contribution in [0.1, 0.15) is 48.1 Å². The van der Waals surface area contributed by atoms with Gasteiger partial charge in [-0.2, -0.15) is 0 Å². The molecule has 1 saturated carbocycles. The number of halogens is 1. The summed E-state index contributed by atoms with van der Waals surface area (Å²) < 4.78 is 12.1. The molecule has 1 fully saturated rings. The molecule has 0 radical (unpaired) electrons. The van der Waals surface area contributed by atoms with Crippen molar-refractivity contribution in [2.75, 3.05) is 6.79 Å². The Bertz CT molecular complexity index is 1060. The highest BCUT2D eigenvalue weighted by atomic mass is 79.9. The average molecular weight is 412 g/mol. The lowest BCUT2D eigenvalue weighted by Crippen LogP contribution is -2.35. The highest BCUT2D eigenvalue weighted by Crippen LogP contribution is 2.47. The van der Waals surface area contributed by atoms with Crippen LogP contribution in [0.15, 0.2) is 39.8 Å². The number of carbonyl (C=O) groups excluding carboxylic acids is 1. The molecule has 5 heteroatoms. The number of benzene rings is 2. The first-order valence-electron chi connectivity index (χ1n) is 8.93. The maximum absolute atomic E-state index is 11.8. The zero-order valence-electron chi connectivity index (χ0n) is 14.4. The number of rotatable bonds is 2. The normalized spacial score (nSPS) is 22.6. The van der Waals surface area contributed by atoms with Crippen molar-refractivity contribution < 1.29 is 14.3 Å². The molecule has 5 rings (SSSR count). The summed E-state index contributed by atoms with van der Waals surface area (Å²) in [4.78, 5) is 16.9. The predicted molar refractivity (Wildman–Crippen MR) is 101 cm³/mol. The van der Waals surface area contributed by atoms with Crippen molar-refractivity contribution in [2.24, 2.45) is 10.9 Å². The van der Waals surface area contributed by atoms with E-state index in [4.69, 9.17) is 14.5 Å². The van der Waals surface area contributed by atoms with Gasteiger partial charge >= 0.3 is 0 Å². The van der Waals surface area contributed by atoms with Gasteiger partial charge in [-0.15, -0.1) is 0 Å². The van der Waals surface area contributed by atoms with E-state index in [1.807, 2.05) is 24.3 Å². The van der Waals surface area contributed by atoms with Crippen molar-refractivity contribution in [3.05, 3.63) is 56.5 Å². The standard InChI is InChI=1S/C21H18BrNO3/c1-11(24)12-5-6-18-15(7-12)13-3-2-4-14(13)21(23-18)16-8-19-20(9-17(16)22)26-10-25-19/h5-9,14,21H,2-4,10H2,1H3/t14-,21+/m0/s1. The van der Waals surface area contributed by atoms with Crippen molar-refractivity contribution in [1.29, 1.82) is 0 Å². The van der Waals surface area contributed by atoms with Crippen LogP contribution >= 0.6 is 15.9 Å². The highest BCUT2D eigenvalue weighted by molar-refractivity contribution is 9.10. The van der Waals surface area contributed by atoms with Crippen LogP contribution in [0, 0.1) is 5.92 Å². The van der Waals surface area contributed by atoms with Crippen LogP contribution in [0.5, 0.6) is 11.5 Å². The van der Waals surface area contributed by atoms with Gasteiger partial charge in [0.2, 0.25) is 6.79 Å². The number of ketones is 1. The average Bonchev–Trinajstić information content (AvgIpc) is 3.29. The van der Waals surface area contributed by atoms with Crippen molar-refractivity contribution in [1.82, 2.24) is 0 Å². The van der Waals surface area contributed by atoms with E-state index in [0.717, 1.165) is 56.9 Å². The second kappa shape index (κ2) is 5.95. The fraction of sp³-hybridized carbons (Fsp3) is 0.333. The van der Waals surface area contributed by atoms with Gasteiger partial charge in [0.05, 0.1) is 11.4 Å². The van der Waals surface area contributed by atoms with Gasteiger partial charge in [0, 0.05) is 16.0 Å². The molecule has 4 nitrogen and oxygen atoms in total. The summed E-state index contributed by atoms with van der Waals surface area (Å²) in [5.41, 5.74) is 3.34. The molecule has 2 aromatic rings. The van der Waals surface area contributed by atoms with E-state index in [2.05, 4.69) is 22.0 Å². The lowest BCUT2D eigenvalue weighted by atomic mass is 9.85. The van der Waals surface area contributed by atoms with Crippen LogP contribution < -0.4 is 20.0 Å². The Hall–Kier alpha value is -2.14. The molecule has 0 bridgehead atoms. The van der Waals surface area contributed by atoms with Crippen LogP contribution in [-0.2, 0) is 0 Å². The lowest BCUT2D eigenvalue weighted by Gasteiger charge is -2.26. The van der Waals surface area contributed by atoms with E-state index in [0.29, 0.717) is 5.92 Å². The number of nitrogens with zero attached hydrogens (tertiary/aromatic N) is 1. The summed E-state index contributed by atoms with van der Waals surface area (Å²) in [6.07, 6.45) is 3.36. The number of fused-ring (bicyclic) bond motifs is 3. The topological polar surface area (TPSA) is 47.9 Å². The van der Waals surface area contributed by atoms with E-state index in [-0.39, 0.29) is 18.6 Å². The fourth-order valence-electron chi connectivity index (χ4n) is 4.37. The summed E-state index contributed by atoms with van der Waals surface area (Å²) in [7, 11) is 0. The Morgan fingerprint density at radius 3 is 2.81 bits per heavy atom. The minimum atomic E-state index is 0.0621. The smallest absolute Gasteiger partial charge is 0.231 e. The molecule has 0 saturated heterocycles. The molecule has 0 unspecified atom stereocenters. The number of hydrogen-bond donors (Lipinski definition) is 0. The predicted octanol–water partition coefficient (Wildman–Crippen LogP) is 3.71. The van der Waals surface area contributed by atoms with E-state index in [9.17, 15) is 4.79 Å². The van der Waals surface area contributed by atoms with Gasteiger partial charge in [-0.25, -0.2) is 0 Å². The van der Waals surface area contributed by atoms with Gasteiger partial charge in [-0.1, -0.05) is 21.5 Å². The summed E-state index contributed by atoms with van der Waals surface area (Å²) in [6, 6.07) is 10.0. The summed E-state index contributed by atoms with van der Waals surface area (Å²) in [5, 5.41) is 2.14. The van der Waals surface area contributed by atoms with Crippen LogP contribution in [-0.4, -0.2) is 12.6 Å². The summed E-state index contributed by atoms with van der Waals surface area (Å²) in [5.74, 6) is 2.04. The van der Waals surface area contributed by atoms with Crippen LogP contribution in [0.4, 0.5) is 0 Å². The Labute approximate surface area is 159 Å². The number of carbonyl (C=O) groups is 1. The van der Waals surface area contributed by atoms with Crippen molar-refractivity contribution in [2.45, 2.75) is 32.2 Å². The first kappa shape index (κ1) is 16.1. The van der Waals surface area contributed by atoms with Crippen molar-refractivity contribution in [3.63, 3.8) is 0 Å². The summed E-state index contributed by atoms with van der Waals surface area (Å²) in [6.45, 7) is 1.88. The first-order chi connectivity index (χ1) is 12.6. The molecule has 2 heterocycles. The maximum atomic E-state index is 11.8. The van der Waals surface area contributed by atoms with Crippen molar-refractivity contribution >= 4 is 27.3 Å². The Balaban J connectivity index is 1.70. The molecule has 3 aliphatic rings. The SMILES string of the molecule is CC(=O)c1ccc2c(c1)=C1CCC[C@@H]1[C@H](c1cc3c(cc1Br)OCO3)N=2. The molecule has 1 aliphatic carbocycles. The second-order valence-corrected chi connectivity index (χ2v) is 7.97. The van der Waals surface area contributed by atoms with Crippen molar-refractivity contribution in [3.8, 4) is 11.5 Å². The van der Waals surface area contributed by atoms with Gasteiger partial charge in [0.15, 0.2) is 17.3 Å². The maximum Gasteiger partial charge on any atom is 0.231 e. The van der Waals surface area contributed by atoms with E-state index in [1.165, 1.54) is 5.57 Å². The van der Waals surface area contributed by atoms with Gasteiger partial charge in [0.25, 0.3) is 0 Å². The Kier molecular flexibility index (Phi) is 3.67. The fourth-order valence-corrected chi connectivity index (χ4v) is 4.92. The van der Waals surface area contributed by atoms with Gasteiger partial charge < -0.3 is 9.47 Å². The Morgan fingerprint density at radius 1 is 1.19 bits per heavy atom. The van der Waals surface area contributed by atoms with Gasteiger partial charge in [-0.05, 0) is 67.3 Å². The molecular weight excluding hydrogens is 394 g/mol. The molecule has 2 aromatic carbocycles. The third kappa shape index (κ3) is 2.41. The minimum Gasteiger partial charge on any atom is -0.454 e. The van der Waals surface area contributed by atoms with E-state index in [1.54, 1.807) is 6.92 Å². The van der Waals surface area contributed by atoms with E-state index < -0.39 is 0 Å². The third-order valence-corrected chi connectivity index (χ3v) is 6.31. The largest absolute Gasteiger partial charge is 0.454 e. The molecule has 0 amide bonds. The van der Waals surface area contributed by atoms with E-state index >= 15 is 0 Å². The number of ether oxygens (including phenoxy) is 2. The molecule has 0 aromatic heterocycles. The Morgan fingerprint density at radius 2 is 2.00 bits per heavy atom. The van der Waals surface area contributed by atoms with Crippen LogP contribution in [0.2, 0.25) is 0 Å². The second-order valence-electron chi connectivity index (χ2n) is 7.11. The van der Waals surface area contributed by atoms with Gasteiger partial charge in [0.1, 0.15) is 0 Å². The van der Waals surface area contributed by atoms with Crippen LogP contribution in [0.25, 0.3) is 5.57 Å². The molecule has 0 spiro atoms.